The summed E-state index contributed by atoms with van der Waals surface area (Å²) in [6, 6.07) is 8.95. The van der Waals surface area contributed by atoms with E-state index in [0.29, 0.717) is 12.0 Å². The molecule has 2 aromatic heterocycles. The van der Waals surface area contributed by atoms with Crippen LogP contribution in [0.15, 0.2) is 28.7 Å². The highest BCUT2D eigenvalue weighted by Crippen LogP contribution is 2.44. The zero-order valence-electron chi connectivity index (χ0n) is 16.1. The van der Waals surface area contributed by atoms with Crippen molar-refractivity contribution < 1.29 is 9.32 Å². The van der Waals surface area contributed by atoms with Crippen molar-refractivity contribution in [1.82, 2.24) is 14.3 Å². The van der Waals surface area contributed by atoms with Gasteiger partial charge in [0.25, 0.3) is 0 Å². The standard InChI is InChI=1S/C21H26N4OS/c1-3-18-17(16-6-4-5-7-19(16)26-18)12-23(2)13-24-21(27)25(15-10-11-15)20(22-24)14-8-9-14/h4-7,14-15H,3,8-13H2,1-2H3/p+1. The second-order valence-corrected chi connectivity index (χ2v) is 8.53. The molecule has 0 amide bonds. The van der Waals surface area contributed by atoms with Gasteiger partial charge in [0.05, 0.1) is 12.6 Å². The van der Waals surface area contributed by atoms with Crippen LogP contribution in [0, 0.1) is 4.77 Å². The van der Waals surface area contributed by atoms with Gasteiger partial charge in [0.1, 0.15) is 23.7 Å². The zero-order chi connectivity index (χ0) is 18.5. The van der Waals surface area contributed by atoms with Gasteiger partial charge in [-0.1, -0.05) is 25.1 Å². The minimum absolute atomic E-state index is 0.603. The fraction of sp³-hybridized carbons (Fsp3) is 0.524. The van der Waals surface area contributed by atoms with Gasteiger partial charge in [-0.3, -0.25) is 0 Å². The molecule has 6 heteroatoms. The molecule has 2 fully saturated rings. The van der Waals surface area contributed by atoms with Gasteiger partial charge in [-0.2, -0.15) is 9.78 Å². The third-order valence-electron chi connectivity index (χ3n) is 5.75. The molecular formula is C21H27N4OS+. The Morgan fingerprint density at radius 1 is 1.22 bits per heavy atom. The largest absolute Gasteiger partial charge is 0.461 e. The van der Waals surface area contributed by atoms with Crippen molar-refractivity contribution in [2.75, 3.05) is 7.05 Å². The highest BCUT2D eigenvalue weighted by Gasteiger charge is 2.36. The molecule has 1 unspecified atom stereocenters. The maximum atomic E-state index is 6.07. The van der Waals surface area contributed by atoms with E-state index in [2.05, 4.69) is 41.4 Å². The van der Waals surface area contributed by atoms with E-state index in [9.17, 15) is 0 Å². The van der Waals surface area contributed by atoms with Crippen LogP contribution in [0.3, 0.4) is 0 Å². The number of hydrogen-bond acceptors (Lipinski definition) is 3. The SMILES string of the molecule is CCc1oc2ccccc2c1C[NH+](C)Cn1nc(C2CC2)n(C2CC2)c1=S. The molecule has 5 nitrogen and oxygen atoms in total. The van der Waals surface area contributed by atoms with E-state index in [4.69, 9.17) is 21.7 Å². The van der Waals surface area contributed by atoms with Crippen LogP contribution in [0.2, 0.25) is 0 Å². The van der Waals surface area contributed by atoms with Crippen LogP contribution in [-0.2, 0) is 19.6 Å². The Hall–Kier alpha value is -1.92. The molecule has 2 aliphatic carbocycles. The molecule has 0 spiro atoms. The number of aryl methyl sites for hydroxylation is 1. The van der Waals surface area contributed by atoms with Gasteiger partial charge >= 0.3 is 0 Å². The van der Waals surface area contributed by atoms with E-state index < -0.39 is 0 Å². The average molecular weight is 384 g/mol. The predicted molar refractivity (Wildman–Crippen MR) is 107 cm³/mol. The number of quaternary nitrogens is 1. The average Bonchev–Trinajstić information content (AvgIpc) is 3.59. The summed E-state index contributed by atoms with van der Waals surface area (Å²) >= 11 is 5.80. The number of furan rings is 1. The third-order valence-corrected chi connectivity index (χ3v) is 6.16. The summed E-state index contributed by atoms with van der Waals surface area (Å²) in [5.74, 6) is 2.97. The molecule has 0 bridgehead atoms. The Morgan fingerprint density at radius 3 is 2.70 bits per heavy atom. The first-order valence-corrected chi connectivity index (χ1v) is 10.6. The van der Waals surface area contributed by atoms with E-state index >= 15 is 0 Å². The third kappa shape index (κ3) is 3.15. The second kappa shape index (κ2) is 6.60. The number of hydrogen-bond donors (Lipinski definition) is 1. The van der Waals surface area contributed by atoms with Crippen LogP contribution in [0.25, 0.3) is 11.0 Å². The van der Waals surface area contributed by atoms with Crippen molar-refractivity contribution in [3.63, 3.8) is 0 Å². The Labute approximate surface area is 164 Å². The lowest BCUT2D eigenvalue weighted by atomic mass is 10.1. The van der Waals surface area contributed by atoms with Crippen molar-refractivity contribution in [2.24, 2.45) is 0 Å². The van der Waals surface area contributed by atoms with Gasteiger partial charge < -0.3 is 13.9 Å². The summed E-state index contributed by atoms with van der Waals surface area (Å²) in [6.07, 6.45) is 5.95. The Morgan fingerprint density at radius 2 is 2.00 bits per heavy atom. The van der Waals surface area contributed by atoms with E-state index in [1.54, 1.807) is 0 Å². The number of nitrogens with zero attached hydrogens (tertiary/aromatic N) is 3. The fourth-order valence-corrected chi connectivity index (χ4v) is 4.43. The van der Waals surface area contributed by atoms with Crippen LogP contribution in [0.1, 0.15) is 61.7 Å². The number of para-hydroxylation sites is 1. The number of fused-ring (bicyclic) bond motifs is 1. The van der Waals surface area contributed by atoms with Crippen molar-refractivity contribution in [3.8, 4) is 0 Å². The van der Waals surface area contributed by atoms with Gasteiger partial charge in [0.2, 0.25) is 4.77 Å². The summed E-state index contributed by atoms with van der Waals surface area (Å²) in [7, 11) is 2.22. The lowest BCUT2D eigenvalue weighted by Crippen LogP contribution is -3.07. The Bertz CT molecular complexity index is 1040. The van der Waals surface area contributed by atoms with E-state index in [1.165, 1.54) is 47.4 Å². The van der Waals surface area contributed by atoms with E-state index in [-0.39, 0.29) is 0 Å². The number of benzene rings is 1. The molecule has 27 heavy (non-hydrogen) atoms. The monoisotopic (exact) mass is 383 g/mol. The second-order valence-electron chi connectivity index (χ2n) is 8.16. The maximum Gasteiger partial charge on any atom is 0.203 e. The summed E-state index contributed by atoms with van der Waals surface area (Å²) < 4.78 is 11.4. The van der Waals surface area contributed by atoms with Crippen molar-refractivity contribution >= 4 is 23.2 Å². The summed E-state index contributed by atoms with van der Waals surface area (Å²) in [5.41, 5.74) is 2.31. The highest BCUT2D eigenvalue weighted by atomic mass is 32.1. The minimum Gasteiger partial charge on any atom is -0.461 e. The van der Waals surface area contributed by atoms with Gasteiger partial charge in [-0.15, -0.1) is 0 Å². The maximum absolute atomic E-state index is 6.07. The molecule has 0 aliphatic heterocycles. The normalized spacial score (nSPS) is 18.3. The lowest BCUT2D eigenvalue weighted by molar-refractivity contribution is -0.917. The predicted octanol–water partition coefficient (Wildman–Crippen LogP) is 3.61. The van der Waals surface area contributed by atoms with Gasteiger partial charge in [-0.25, -0.2) is 0 Å². The van der Waals surface area contributed by atoms with Crippen LogP contribution in [0.4, 0.5) is 0 Å². The number of nitrogens with one attached hydrogen (secondary N) is 1. The topological polar surface area (TPSA) is 40.3 Å². The van der Waals surface area contributed by atoms with Crippen molar-refractivity contribution in [1.29, 1.82) is 0 Å². The molecule has 142 valence electrons. The van der Waals surface area contributed by atoms with Gasteiger partial charge in [0, 0.05) is 23.8 Å². The van der Waals surface area contributed by atoms with Gasteiger partial charge in [-0.05, 0) is 44.0 Å². The molecule has 1 atom stereocenters. The highest BCUT2D eigenvalue weighted by molar-refractivity contribution is 7.71. The van der Waals surface area contributed by atoms with Crippen LogP contribution >= 0.6 is 12.2 Å². The first kappa shape index (κ1) is 17.2. The molecular weight excluding hydrogens is 356 g/mol. The molecule has 1 aromatic carbocycles. The fourth-order valence-electron chi connectivity index (χ4n) is 4.08. The molecule has 1 N–H and O–H groups in total. The van der Waals surface area contributed by atoms with Crippen molar-refractivity contribution in [3.05, 3.63) is 46.2 Å². The summed E-state index contributed by atoms with van der Waals surface area (Å²) in [6.45, 7) is 3.86. The van der Waals surface area contributed by atoms with E-state index in [1.807, 2.05) is 6.07 Å². The Kier molecular flexibility index (Phi) is 4.20. The minimum atomic E-state index is 0.603. The molecule has 0 radical (unpaired) electrons. The molecule has 2 heterocycles. The molecule has 2 aliphatic rings. The smallest absolute Gasteiger partial charge is 0.203 e. The van der Waals surface area contributed by atoms with Crippen LogP contribution < -0.4 is 4.90 Å². The lowest BCUT2D eigenvalue weighted by Gasteiger charge is -2.14. The molecule has 0 saturated heterocycles. The zero-order valence-corrected chi connectivity index (χ0v) is 16.9. The quantitative estimate of drug-likeness (QED) is 0.634. The van der Waals surface area contributed by atoms with Crippen molar-refractivity contribution in [2.45, 2.75) is 64.2 Å². The first-order valence-electron chi connectivity index (χ1n) is 10.2. The number of rotatable bonds is 7. The Balaban J connectivity index is 1.41. The summed E-state index contributed by atoms with van der Waals surface area (Å²) in [5, 5.41) is 6.17. The van der Waals surface area contributed by atoms with Crippen LogP contribution in [-0.4, -0.2) is 21.4 Å². The van der Waals surface area contributed by atoms with Gasteiger partial charge in [0.15, 0.2) is 6.67 Å². The van der Waals surface area contributed by atoms with Crippen LogP contribution in [0.5, 0.6) is 0 Å². The number of aromatic nitrogens is 3. The molecule has 3 aromatic rings. The molecule has 2 saturated carbocycles. The molecule has 5 rings (SSSR count). The first-order chi connectivity index (χ1) is 13.2. The van der Waals surface area contributed by atoms with E-state index in [0.717, 1.165) is 35.7 Å². The summed E-state index contributed by atoms with van der Waals surface area (Å²) in [4.78, 5) is 1.37.